The molecule has 75 heavy (non-hydrogen) atoms. The van der Waals surface area contributed by atoms with Crippen LogP contribution in [0, 0.1) is 5.92 Å². The van der Waals surface area contributed by atoms with Crippen LogP contribution in [0.5, 0.6) is 11.5 Å². The molecule has 0 N–H and O–H groups in total. The van der Waals surface area contributed by atoms with Gasteiger partial charge in [-0.3, -0.25) is 4.57 Å². The number of para-hydroxylation sites is 2. The second kappa shape index (κ2) is 17.9. The van der Waals surface area contributed by atoms with Gasteiger partial charge in [0.05, 0.1) is 27.8 Å². The molecule has 0 spiro atoms. The van der Waals surface area contributed by atoms with Crippen LogP contribution in [0.2, 0.25) is 0 Å². The Kier molecular flexibility index (Phi) is 8.82. The molecule has 5 nitrogen and oxygen atoms in total. The summed E-state index contributed by atoms with van der Waals surface area (Å²) in [7, 11) is 0. The van der Waals surface area contributed by atoms with Gasteiger partial charge in [0.1, 0.15) is 24.0 Å². The van der Waals surface area contributed by atoms with Crippen LogP contribution in [0.25, 0.3) is 82.1 Å². The van der Waals surface area contributed by atoms with Crippen molar-refractivity contribution in [2.24, 2.45) is 5.92 Å². The number of fused-ring (bicyclic) bond motifs is 10. The molecule has 0 radical (unpaired) electrons. The Morgan fingerprint density at radius 3 is 1.80 bits per heavy atom. The van der Waals surface area contributed by atoms with E-state index in [1.807, 2.05) is 150 Å². The van der Waals surface area contributed by atoms with Gasteiger partial charge in [-0.1, -0.05) is 197 Å². The first-order chi connectivity index (χ1) is 40.4. The van der Waals surface area contributed by atoms with Gasteiger partial charge in [-0.2, -0.15) is 0 Å². The molecule has 0 unspecified atom stereocenters. The predicted octanol–water partition coefficient (Wildman–Crippen LogP) is 19.4. The van der Waals surface area contributed by atoms with E-state index in [-0.39, 0.29) is 17.6 Å². The van der Waals surface area contributed by atoms with Crippen LogP contribution in [0.1, 0.15) is 113 Å². The molecule has 3 aromatic heterocycles. The van der Waals surface area contributed by atoms with Crippen LogP contribution < -0.4 is 9.64 Å². The molecule has 374 valence electrons. The molecule has 0 aliphatic carbocycles. The van der Waals surface area contributed by atoms with Crippen molar-refractivity contribution in [3.63, 3.8) is 0 Å². The van der Waals surface area contributed by atoms with E-state index in [4.69, 9.17) is 22.1 Å². The van der Waals surface area contributed by atoms with Gasteiger partial charge in [0.15, 0.2) is 0 Å². The number of rotatable bonds is 7. The fourth-order valence-electron chi connectivity index (χ4n) is 11.2. The van der Waals surface area contributed by atoms with E-state index in [9.17, 15) is 2.74 Å². The molecular weight excluding hydrogens is 913 g/mol. The summed E-state index contributed by atoms with van der Waals surface area (Å²) in [6, 6.07) is 57.4. The average molecular weight is 992 g/mol. The van der Waals surface area contributed by atoms with E-state index in [2.05, 4.69) is 89.4 Å². The van der Waals surface area contributed by atoms with Crippen molar-refractivity contribution in [1.82, 2.24) is 14.1 Å². The lowest BCUT2D eigenvalue weighted by Crippen LogP contribution is -2.17. The summed E-state index contributed by atoms with van der Waals surface area (Å²) in [6.45, 7) is 5.71. The number of hydrogen-bond donors (Lipinski definition) is 0. The van der Waals surface area contributed by atoms with E-state index < -0.39 is 43.7 Å². The second-order valence-electron chi connectivity index (χ2n) is 22.5. The zero-order valence-corrected chi connectivity index (χ0v) is 43.8. The van der Waals surface area contributed by atoms with Crippen LogP contribution >= 0.6 is 0 Å². The van der Waals surface area contributed by atoms with Gasteiger partial charge in [0, 0.05) is 66.2 Å². The standard InChI is InChI=1S/C70H68N4O/c1-44(2)36-45-30-32-61-57-25-15-13-23-55(57)54-22-12-14-24-56(54)60-28-19-27-53(46-37-48(69(6,7)8)39-49(38-46)70(9,10)11)66(60)73-43-72(65(45)67(61)73)50-20-18-21-51(41-50)75-52-31-33-59-58-26-16-17-29-62(58)74(63(59)42-52)64-40-47(34-35-71-64)68(3,4)5/h12-35,37-42,44H,36,43H2,1-11H3/i6D3,7D3,8D3,36D2. The van der Waals surface area contributed by atoms with E-state index in [1.165, 1.54) is 12.1 Å². The minimum absolute atomic E-state index is 0.107. The van der Waals surface area contributed by atoms with Crippen molar-refractivity contribution in [2.75, 3.05) is 4.90 Å². The lowest BCUT2D eigenvalue weighted by atomic mass is 9.78. The summed E-state index contributed by atoms with van der Waals surface area (Å²) in [5.41, 5.74) is 3.36. The molecule has 0 fully saturated rings. The first kappa shape index (κ1) is 36.9. The van der Waals surface area contributed by atoms with E-state index in [1.54, 1.807) is 0 Å². The maximum atomic E-state index is 9.95. The largest absolute Gasteiger partial charge is 0.457 e. The summed E-state index contributed by atoms with van der Waals surface area (Å²) in [6.07, 6.45) is -0.00735. The third kappa shape index (κ3) is 8.47. The zero-order valence-electron chi connectivity index (χ0n) is 54.8. The zero-order chi connectivity index (χ0) is 61.4. The maximum Gasteiger partial charge on any atom is 0.137 e. The summed E-state index contributed by atoms with van der Waals surface area (Å²) in [5, 5.41) is 7.41. The fraction of sp³-hybridized carbons (Fsp3) is 0.243. The monoisotopic (exact) mass is 992 g/mol. The van der Waals surface area contributed by atoms with Gasteiger partial charge in [0.25, 0.3) is 0 Å². The van der Waals surface area contributed by atoms with Crippen LogP contribution in [-0.4, -0.2) is 14.1 Å². The second-order valence-corrected chi connectivity index (χ2v) is 22.5. The Hall–Kier alpha value is -7.89. The quantitative estimate of drug-likeness (QED) is 0.160. The highest BCUT2D eigenvalue weighted by Gasteiger charge is 2.30. The molecule has 11 aromatic rings. The number of nitrogens with zero attached hydrogens (tertiary/aromatic N) is 4. The molecule has 1 aliphatic rings. The SMILES string of the molecule is [2H]C([2H])(c1ccc2c3ccccc3c3ccccc3c3cccc(-c4cc(C(C)(C)C)cc(C(C([2H])([2H])[2H])(C([2H])([2H])[2H])C([2H])([2H])[2H])c4)c3n3c2c1N(c1cccc(Oc2ccc4c5ccccc5n(-c5cc(C(C)(C)C)ccn5)c4c2)c1)C3)C(C)C. The van der Waals surface area contributed by atoms with Crippen LogP contribution in [-0.2, 0) is 29.3 Å². The highest BCUT2D eigenvalue weighted by molar-refractivity contribution is 6.22. The number of pyridine rings is 1. The molecule has 0 atom stereocenters. The predicted molar refractivity (Wildman–Crippen MR) is 319 cm³/mol. The Morgan fingerprint density at radius 1 is 0.533 bits per heavy atom. The molecule has 0 bridgehead atoms. The lowest BCUT2D eigenvalue weighted by Gasteiger charge is -2.27. The van der Waals surface area contributed by atoms with Gasteiger partial charge in [-0.25, -0.2) is 4.98 Å². The number of aromatic nitrogens is 3. The van der Waals surface area contributed by atoms with Crippen LogP contribution in [0.4, 0.5) is 11.4 Å². The number of benzene rings is 8. The van der Waals surface area contributed by atoms with Gasteiger partial charge in [-0.15, -0.1) is 0 Å². The van der Waals surface area contributed by atoms with Crippen molar-refractivity contribution in [1.29, 1.82) is 0 Å². The third-order valence-electron chi connectivity index (χ3n) is 14.8. The molecular formula is C70H68N4O. The molecule has 0 saturated heterocycles. The highest BCUT2D eigenvalue weighted by atomic mass is 16.5. The van der Waals surface area contributed by atoms with E-state index >= 15 is 0 Å². The summed E-state index contributed by atoms with van der Waals surface area (Å²) in [5.74, 6) is 1.46. The van der Waals surface area contributed by atoms with Gasteiger partial charge in [0.2, 0.25) is 0 Å². The Balaban J connectivity index is 1.15. The molecule has 1 aliphatic heterocycles. The average Bonchev–Trinajstić information content (AvgIpc) is 1.30. The Morgan fingerprint density at radius 2 is 1.12 bits per heavy atom. The summed E-state index contributed by atoms with van der Waals surface area (Å²) >= 11 is 0. The topological polar surface area (TPSA) is 35.2 Å². The number of hydrogen-bond acceptors (Lipinski definition) is 3. The fourth-order valence-corrected chi connectivity index (χ4v) is 11.2. The molecule has 0 saturated carbocycles. The van der Waals surface area contributed by atoms with Crippen LogP contribution in [0.3, 0.4) is 0 Å². The molecule has 12 rings (SSSR count). The maximum absolute atomic E-state index is 9.95. The minimum atomic E-state index is -3.51. The van der Waals surface area contributed by atoms with Gasteiger partial charge < -0.3 is 14.2 Å². The Bertz CT molecular complexity index is 4570. The molecule has 8 aromatic carbocycles. The third-order valence-corrected chi connectivity index (χ3v) is 14.8. The van der Waals surface area contributed by atoms with Crippen LogP contribution in [0.15, 0.2) is 182 Å². The smallest absolute Gasteiger partial charge is 0.137 e. The minimum Gasteiger partial charge on any atom is -0.457 e. The van der Waals surface area contributed by atoms with Gasteiger partial charge >= 0.3 is 0 Å². The normalized spacial score (nSPS) is 16.0. The van der Waals surface area contributed by atoms with Crippen molar-refractivity contribution in [3.05, 3.63) is 204 Å². The van der Waals surface area contributed by atoms with Crippen molar-refractivity contribution < 1.29 is 19.8 Å². The summed E-state index contributed by atoms with van der Waals surface area (Å²) < 4.78 is 111. The van der Waals surface area contributed by atoms with E-state index in [0.29, 0.717) is 56.2 Å². The lowest BCUT2D eigenvalue weighted by molar-refractivity contribution is 0.483. The Labute approximate surface area is 457 Å². The van der Waals surface area contributed by atoms with Crippen molar-refractivity contribution in [2.45, 2.75) is 105 Å². The number of anilines is 2. The first-order valence-electron chi connectivity index (χ1n) is 31.4. The summed E-state index contributed by atoms with van der Waals surface area (Å²) in [4.78, 5) is 7.03. The molecule has 4 heterocycles. The molecule has 5 heteroatoms. The van der Waals surface area contributed by atoms with Gasteiger partial charge in [-0.05, 0) is 120 Å². The van der Waals surface area contributed by atoms with E-state index in [0.717, 1.165) is 65.5 Å². The van der Waals surface area contributed by atoms with Crippen molar-refractivity contribution in [3.8, 4) is 28.4 Å². The number of ether oxygens (including phenoxy) is 1. The first-order valence-corrected chi connectivity index (χ1v) is 25.9. The highest BCUT2D eigenvalue weighted by Crippen LogP contribution is 2.48. The van der Waals surface area contributed by atoms with Crippen molar-refractivity contribution >= 4 is 76.5 Å². The molecule has 0 amide bonds.